The van der Waals surface area contributed by atoms with E-state index in [4.69, 9.17) is 0 Å². The van der Waals surface area contributed by atoms with Crippen LogP contribution in [0.5, 0.6) is 0 Å². The molecule has 0 spiro atoms. The zero-order chi connectivity index (χ0) is 22.0. The fraction of sp³-hybridized carbons (Fsp3) is 0.353. The number of hydrogen-bond donors (Lipinski definition) is 1. The van der Waals surface area contributed by atoms with Gasteiger partial charge in [0.15, 0.2) is 5.69 Å². The van der Waals surface area contributed by atoms with Crippen LogP contribution in [-0.4, -0.2) is 59.0 Å². The van der Waals surface area contributed by atoms with Crippen molar-refractivity contribution in [2.75, 3.05) is 27.2 Å². The number of rotatable bonds is 5. The van der Waals surface area contributed by atoms with E-state index in [1.165, 1.54) is 20.2 Å². The second-order valence-corrected chi connectivity index (χ2v) is 6.19. The van der Waals surface area contributed by atoms with E-state index in [2.05, 4.69) is 5.10 Å². The second kappa shape index (κ2) is 8.13. The van der Waals surface area contributed by atoms with Crippen LogP contribution in [0, 0.1) is 0 Å². The monoisotopic (exact) mass is 422 g/mol. The third-order valence-electron chi connectivity index (χ3n) is 4.05. The average molecular weight is 422 g/mol. The molecule has 0 saturated carbocycles. The Balaban J connectivity index is 2.03. The molecule has 0 fully saturated rings. The Morgan fingerprint density at radius 1 is 0.966 bits per heavy atom. The van der Waals surface area contributed by atoms with Gasteiger partial charge in [-0.3, -0.25) is 14.7 Å². The van der Waals surface area contributed by atoms with Crippen LogP contribution in [0.15, 0.2) is 30.5 Å². The van der Waals surface area contributed by atoms with E-state index in [-0.39, 0.29) is 18.7 Å². The van der Waals surface area contributed by atoms with Crippen molar-refractivity contribution in [3.8, 4) is 0 Å². The molecular weight excluding hydrogens is 406 g/mol. The SMILES string of the molecule is CN(CCN(C)C(=O)c1cn[nH]c1C(F)(F)F)C(=O)c1cccc(C(F)(F)F)c1. The van der Waals surface area contributed by atoms with Gasteiger partial charge >= 0.3 is 12.4 Å². The molecule has 1 aromatic carbocycles. The lowest BCUT2D eigenvalue weighted by molar-refractivity contribution is -0.141. The van der Waals surface area contributed by atoms with Gasteiger partial charge in [-0.25, -0.2) is 0 Å². The maximum Gasteiger partial charge on any atom is 0.433 e. The molecule has 2 aromatic rings. The van der Waals surface area contributed by atoms with Gasteiger partial charge in [-0.2, -0.15) is 31.4 Å². The molecule has 0 bridgehead atoms. The van der Waals surface area contributed by atoms with Gasteiger partial charge in [-0.1, -0.05) is 6.07 Å². The summed E-state index contributed by atoms with van der Waals surface area (Å²) in [5, 5.41) is 4.96. The van der Waals surface area contributed by atoms with E-state index in [1.54, 1.807) is 5.10 Å². The summed E-state index contributed by atoms with van der Waals surface area (Å²) < 4.78 is 76.9. The first kappa shape index (κ1) is 22.2. The quantitative estimate of drug-likeness (QED) is 0.752. The number of carbonyl (C=O) groups is 2. The summed E-state index contributed by atoms with van der Waals surface area (Å²) in [4.78, 5) is 26.6. The molecule has 0 aliphatic heterocycles. The van der Waals surface area contributed by atoms with E-state index in [0.29, 0.717) is 6.07 Å². The van der Waals surface area contributed by atoms with Crippen molar-refractivity contribution in [1.82, 2.24) is 20.0 Å². The molecule has 0 radical (unpaired) electrons. The first-order valence-electron chi connectivity index (χ1n) is 8.11. The number of hydrogen-bond acceptors (Lipinski definition) is 3. The van der Waals surface area contributed by atoms with E-state index in [0.717, 1.165) is 28.1 Å². The van der Waals surface area contributed by atoms with Gasteiger partial charge in [0, 0.05) is 32.7 Å². The highest BCUT2D eigenvalue weighted by Crippen LogP contribution is 2.31. The number of H-pyrrole nitrogens is 1. The molecule has 1 heterocycles. The molecule has 1 aromatic heterocycles. The van der Waals surface area contributed by atoms with Crippen LogP contribution in [-0.2, 0) is 12.4 Å². The molecule has 29 heavy (non-hydrogen) atoms. The lowest BCUT2D eigenvalue weighted by Crippen LogP contribution is -2.37. The summed E-state index contributed by atoms with van der Waals surface area (Å²) in [5.41, 5.74) is -3.15. The zero-order valence-electron chi connectivity index (χ0n) is 15.2. The van der Waals surface area contributed by atoms with Crippen LogP contribution in [0.2, 0.25) is 0 Å². The highest BCUT2D eigenvalue weighted by atomic mass is 19.4. The molecule has 2 rings (SSSR count). The summed E-state index contributed by atoms with van der Waals surface area (Å²) in [6.07, 6.45) is -8.65. The smallest absolute Gasteiger partial charge is 0.340 e. The molecular formula is C17H16F6N4O2. The Bertz CT molecular complexity index is 891. The maximum atomic E-state index is 12.9. The van der Waals surface area contributed by atoms with Crippen LogP contribution in [0.25, 0.3) is 0 Å². The van der Waals surface area contributed by atoms with Gasteiger partial charge in [-0.05, 0) is 18.2 Å². The molecule has 6 nitrogen and oxygen atoms in total. The molecule has 12 heteroatoms. The Hall–Kier alpha value is -3.05. The lowest BCUT2D eigenvalue weighted by atomic mass is 10.1. The van der Waals surface area contributed by atoms with Gasteiger partial charge < -0.3 is 9.80 Å². The Morgan fingerprint density at radius 2 is 1.55 bits per heavy atom. The fourth-order valence-corrected chi connectivity index (χ4v) is 2.42. The third kappa shape index (κ3) is 5.27. The minimum absolute atomic E-state index is 0.115. The highest BCUT2D eigenvalue weighted by Gasteiger charge is 2.38. The first-order valence-corrected chi connectivity index (χ1v) is 8.11. The summed E-state index contributed by atoms with van der Waals surface area (Å²) >= 11 is 0. The first-order chi connectivity index (χ1) is 13.3. The normalized spacial score (nSPS) is 12.0. The maximum absolute atomic E-state index is 12.9. The average Bonchev–Trinajstić information content (AvgIpc) is 3.14. The largest absolute Gasteiger partial charge is 0.433 e. The molecule has 158 valence electrons. The number of nitrogens with one attached hydrogen (secondary N) is 1. The molecule has 1 N–H and O–H groups in total. The Morgan fingerprint density at radius 3 is 2.10 bits per heavy atom. The number of aromatic nitrogens is 2. The topological polar surface area (TPSA) is 69.3 Å². The van der Waals surface area contributed by atoms with Crippen molar-refractivity contribution >= 4 is 11.8 Å². The number of halogens is 6. The summed E-state index contributed by atoms with van der Waals surface area (Å²) in [7, 11) is 2.54. The summed E-state index contributed by atoms with van der Waals surface area (Å²) in [5.74, 6) is -1.69. The second-order valence-electron chi connectivity index (χ2n) is 6.19. The van der Waals surface area contributed by atoms with Crippen LogP contribution in [0.3, 0.4) is 0 Å². The van der Waals surface area contributed by atoms with E-state index < -0.39 is 41.0 Å². The predicted molar refractivity (Wildman–Crippen MR) is 89.0 cm³/mol. The Kier molecular flexibility index (Phi) is 6.24. The highest BCUT2D eigenvalue weighted by molar-refractivity contribution is 5.95. The number of amides is 2. The number of carbonyl (C=O) groups excluding carboxylic acids is 2. The van der Waals surface area contributed by atoms with Crippen LogP contribution >= 0.6 is 0 Å². The third-order valence-corrected chi connectivity index (χ3v) is 4.05. The van der Waals surface area contributed by atoms with Crippen LogP contribution < -0.4 is 0 Å². The number of likely N-dealkylation sites (N-methyl/N-ethyl adjacent to an activating group) is 2. The van der Waals surface area contributed by atoms with Crippen LogP contribution in [0.4, 0.5) is 26.3 Å². The minimum atomic E-state index is -4.79. The van der Waals surface area contributed by atoms with Gasteiger partial charge in [0.1, 0.15) is 0 Å². The van der Waals surface area contributed by atoms with Crippen LogP contribution in [0.1, 0.15) is 32.0 Å². The van der Waals surface area contributed by atoms with Crippen molar-refractivity contribution < 1.29 is 35.9 Å². The summed E-state index contributed by atoms with van der Waals surface area (Å²) in [6.45, 7) is -0.265. The zero-order valence-corrected chi connectivity index (χ0v) is 15.2. The van der Waals surface area contributed by atoms with Gasteiger partial charge in [0.05, 0.1) is 17.3 Å². The van der Waals surface area contributed by atoms with E-state index in [1.807, 2.05) is 0 Å². The van der Waals surface area contributed by atoms with Gasteiger partial charge in [0.25, 0.3) is 11.8 Å². The fourth-order valence-electron chi connectivity index (χ4n) is 2.42. The lowest BCUT2D eigenvalue weighted by Gasteiger charge is -2.23. The number of alkyl halides is 6. The van der Waals surface area contributed by atoms with E-state index in [9.17, 15) is 35.9 Å². The standard InChI is InChI=1S/C17H16F6N4O2/c1-26(14(28)10-4-3-5-11(8-10)16(18,19)20)6-7-27(2)15(29)12-9-24-25-13(12)17(21,22)23/h3-5,8-9H,6-7H2,1-2H3,(H,24,25). The van der Waals surface area contributed by atoms with E-state index >= 15 is 0 Å². The van der Waals surface area contributed by atoms with Gasteiger partial charge in [0.2, 0.25) is 0 Å². The number of benzene rings is 1. The molecule has 0 unspecified atom stereocenters. The van der Waals surface area contributed by atoms with Crippen molar-refractivity contribution in [2.24, 2.45) is 0 Å². The molecule has 0 atom stereocenters. The van der Waals surface area contributed by atoms with Crippen molar-refractivity contribution in [2.45, 2.75) is 12.4 Å². The van der Waals surface area contributed by atoms with Crippen molar-refractivity contribution in [1.29, 1.82) is 0 Å². The summed E-state index contributed by atoms with van der Waals surface area (Å²) in [6, 6.07) is 3.84. The molecule has 0 aliphatic carbocycles. The predicted octanol–water partition coefficient (Wildman–Crippen LogP) is 3.29. The van der Waals surface area contributed by atoms with Gasteiger partial charge in [-0.15, -0.1) is 0 Å². The molecule has 0 saturated heterocycles. The van der Waals surface area contributed by atoms with Crippen molar-refractivity contribution in [3.63, 3.8) is 0 Å². The molecule has 0 aliphatic rings. The number of aromatic amines is 1. The Labute approximate surface area is 161 Å². The molecule has 2 amide bonds. The van der Waals surface area contributed by atoms with Crippen molar-refractivity contribution in [3.05, 3.63) is 52.8 Å². The number of nitrogens with zero attached hydrogens (tertiary/aromatic N) is 3. The minimum Gasteiger partial charge on any atom is -0.340 e.